The highest BCUT2D eigenvalue weighted by Crippen LogP contribution is 2.49. The molecular weight excluding hydrogens is 893 g/mol. The molecule has 18 unspecified atom stereocenters. The summed E-state index contributed by atoms with van der Waals surface area (Å²) in [6.07, 6.45) is 26.2. The SMILES string of the molecule is CO[Si](CCC1CCC2OC2C1)(OC)O[Si](CCC1CCC2OC2C1)(OC)O[Si]1(CCC2CCC3OC3C2)O[Si](CCC2CCC3OC3C2)O[Si](CCC2CCC3OC3C2)(OC)O1. The van der Waals surface area contributed by atoms with E-state index in [1.54, 1.807) is 21.3 Å². The predicted octanol–water partition coefficient (Wildman–Crippen LogP) is 7.70. The lowest BCUT2D eigenvalue weighted by Crippen LogP contribution is -2.71. The van der Waals surface area contributed by atoms with E-state index in [2.05, 4.69) is 0 Å². The molecular formula is C44H77O14Si5. The maximum absolute atomic E-state index is 7.91. The molecule has 6 heterocycles. The maximum Gasteiger partial charge on any atom is 0.493 e. The van der Waals surface area contributed by atoms with Crippen LogP contribution in [0.1, 0.15) is 128 Å². The fourth-order valence-electron chi connectivity index (χ4n) is 13.0. The highest BCUT2D eigenvalue weighted by atomic mass is 28.6. The van der Waals surface area contributed by atoms with Gasteiger partial charge in [0.2, 0.25) is 0 Å². The Morgan fingerprint density at radius 1 is 0.444 bits per heavy atom. The molecule has 6 aliphatic heterocycles. The van der Waals surface area contributed by atoms with Crippen LogP contribution < -0.4 is 0 Å². The third kappa shape index (κ3) is 11.0. The first kappa shape index (κ1) is 45.9. The van der Waals surface area contributed by atoms with Crippen molar-refractivity contribution in [1.29, 1.82) is 0 Å². The van der Waals surface area contributed by atoms with E-state index in [0.717, 1.165) is 121 Å². The first-order valence-electron chi connectivity index (χ1n) is 25.5. The average Bonchev–Trinajstić information content (AvgIpc) is 4.08. The summed E-state index contributed by atoms with van der Waals surface area (Å²) in [6, 6.07) is 3.62. The Morgan fingerprint density at radius 2 is 0.825 bits per heavy atom. The van der Waals surface area contributed by atoms with Crippen LogP contribution in [0.25, 0.3) is 0 Å². The van der Waals surface area contributed by atoms with Crippen LogP contribution >= 0.6 is 0 Å². The predicted molar refractivity (Wildman–Crippen MR) is 239 cm³/mol. The van der Waals surface area contributed by atoms with E-state index in [-0.39, 0.29) is 0 Å². The fraction of sp³-hybridized carbons (Fsp3) is 1.00. The summed E-state index contributed by atoms with van der Waals surface area (Å²) >= 11 is 0. The van der Waals surface area contributed by atoms with Gasteiger partial charge in [-0.1, -0.05) is 0 Å². The summed E-state index contributed by atoms with van der Waals surface area (Å²) < 4.78 is 94.4. The van der Waals surface area contributed by atoms with Gasteiger partial charge in [-0.15, -0.1) is 0 Å². The lowest BCUT2D eigenvalue weighted by Gasteiger charge is -2.49. The minimum absolute atomic E-state index is 0.385. The van der Waals surface area contributed by atoms with Crippen LogP contribution in [-0.4, -0.2) is 134 Å². The molecule has 11 aliphatic rings. The summed E-state index contributed by atoms with van der Waals surface area (Å²) in [5, 5.41) is 0. The number of hydrogen-bond donors (Lipinski definition) is 0. The largest absolute Gasteiger partial charge is 0.493 e. The van der Waals surface area contributed by atoms with E-state index in [1.165, 1.54) is 19.3 Å². The zero-order chi connectivity index (χ0) is 42.8. The Hall–Kier alpha value is 0.524. The second kappa shape index (κ2) is 19.0. The Bertz CT molecular complexity index is 1570. The molecule has 11 fully saturated rings. The van der Waals surface area contributed by atoms with Gasteiger partial charge in [-0.3, -0.25) is 0 Å². The number of fused-ring (bicyclic) bond motifs is 5. The van der Waals surface area contributed by atoms with E-state index in [4.69, 9.17) is 62.0 Å². The van der Waals surface area contributed by atoms with E-state index < -0.39 is 44.5 Å². The molecule has 19 heteroatoms. The van der Waals surface area contributed by atoms with Crippen LogP contribution in [0.15, 0.2) is 0 Å². The summed E-state index contributed by atoms with van der Waals surface area (Å²) in [6.45, 7) is 0. The van der Waals surface area contributed by atoms with Gasteiger partial charge < -0.3 is 62.0 Å². The minimum atomic E-state index is -3.68. The fourth-order valence-corrected chi connectivity index (χ4v) is 35.5. The van der Waals surface area contributed by atoms with E-state index in [0.29, 0.717) is 109 Å². The molecule has 357 valence electrons. The van der Waals surface area contributed by atoms with Crippen LogP contribution in [0.3, 0.4) is 0 Å². The molecule has 0 aromatic rings. The van der Waals surface area contributed by atoms with Gasteiger partial charge in [0.25, 0.3) is 0 Å². The topological polar surface area (TPSA) is 146 Å². The van der Waals surface area contributed by atoms with Gasteiger partial charge in [-0.05, 0) is 164 Å². The summed E-state index contributed by atoms with van der Waals surface area (Å²) in [4.78, 5) is 0. The molecule has 63 heavy (non-hydrogen) atoms. The van der Waals surface area contributed by atoms with Crippen LogP contribution in [0.4, 0.5) is 0 Å². The molecule has 18 atom stereocenters. The molecule has 0 bridgehead atoms. The van der Waals surface area contributed by atoms with Crippen molar-refractivity contribution in [2.45, 2.75) is 220 Å². The molecule has 5 saturated carbocycles. The van der Waals surface area contributed by atoms with Crippen molar-refractivity contribution >= 4 is 44.5 Å². The monoisotopic (exact) mass is 969 g/mol. The quantitative estimate of drug-likeness (QED) is 0.0728. The Morgan fingerprint density at radius 3 is 1.24 bits per heavy atom. The van der Waals surface area contributed by atoms with Gasteiger partial charge in [0.1, 0.15) is 0 Å². The van der Waals surface area contributed by atoms with Gasteiger partial charge in [-0.25, -0.2) is 0 Å². The number of hydrogen-bond acceptors (Lipinski definition) is 14. The molecule has 11 rings (SSSR count). The van der Waals surface area contributed by atoms with Crippen molar-refractivity contribution in [2.24, 2.45) is 29.6 Å². The third-order valence-electron chi connectivity index (χ3n) is 17.5. The van der Waals surface area contributed by atoms with Crippen LogP contribution in [-0.2, 0) is 62.0 Å². The van der Waals surface area contributed by atoms with E-state index in [9.17, 15) is 0 Å². The summed E-state index contributed by atoms with van der Waals surface area (Å²) in [7, 11) is -8.76. The van der Waals surface area contributed by atoms with Gasteiger partial charge in [0.15, 0.2) is 0 Å². The lowest BCUT2D eigenvalue weighted by atomic mass is 9.88. The first-order chi connectivity index (χ1) is 30.7. The van der Waals surface area contributed by atoms with Crippen molar-refractivity contribution in [1.82, 2.24) is 0 Å². The Balaban J connectivity index is 0.896. The van der Waals surface area contributed by atoms with Crippen LogP contribution in [0.5, 0.6) is 0 Å². The molecule has 0 aromatic carbocycles. The van der Waals surface area contributed by atoms with Gasteiger partial charge in [0, 0.05) is 52.6 Å². The molecule has 0 N–H and O–H groups in total. The van der Waals surface area contributed by atoms with Crippen molar-refractivity contribution in [3.05, 3.63) is 0 Å². The lowest BCUT2D eigenvalue weighted by molar-refractivity contribution is 0.0567. The molecule has 6 saturated heterocycles. The second-order valence-corrected chi connectivity index (χ2v) is 36.0. The normalized spacial score (nSPS) is 47.0. The first-order valence-corrected chi connectivity index (χ1v) is 34.7. The molecule has 5 aliphatic carbocycles. The van der Waals surface area contributed by atoms with Crippen molar-refractivity contribution in [2.75, 3.05) is 28.4 Å². The van der Waals surface area contributed by atoms with Crippen molar-refractivity contribution in [3.8, 4) is 0 Å². The molecule has 1 radical (unpaired) electrons. The van der Waals surface area contributed by atoms with Gasteiger partial charge in [0.05, 0.1) is 61.0 Å². The van der Waals surface area contributed by atoms with E-state index in [1.807, 2.05) is 7.11 Å². The standard InChI is InChI=1S/C44H77O14Si5/c1-45-60(46-2,21-16-31-6-11-36-41(26-31)50-36)56-62(48-4,23-18-33-8-13-38-43(28-33)52-38)58-63(24-19-34-9-14-39-44(29-34)53-39)55-59(20-15-30-5-10-35-40(25-30)49-35)54-61(47-3,57-63)22-17-32-7-12-37-42(27-32)51-37/h30-44H,5-29H2,1-4H3. The highest BCUT2D eigenvalue weighted by molar-refractivity contribution is 6.89. The highest BCUT2D eigenvalue weighted by Gasteiger charge is 2.66. The smallest absolute Gasteiger partial charge is 0.393 e. The Kier molecular flexibility index (Phi) is 13.9. The third-order valence-corrected chi connectivity index (χ3v) is 36.0. The number of rotatable bonds is 23. The minimum Gasteiger partial charge on any atom is -0.393 e. The summed E-state index contributed by atoms with van der Waals surface area (Å²) in [5.41, 5.74) is 0. The molecule has 0 spiro atoms. The van der Waals surface area contributed by atoms with Crippen molar-refractivity contribution in [3.63, 3.8) is 0 Å². The average molecular weight is 971 g/mol. The van der Waals surface area contributed by atoms with Gasteiger partial charge in [-0.2, -0.15) is 0 Å². The maximum atomic E-state index is 7.91. The number of epoxide rings is 5. The molecule has 0 amide bonds. The number of ether oxygens (including phenoxy) is 5. The molecule has 0 aromatic heterocycles. The van der Waals surface area contributed by atoms with Crippen molar-refractivity contribution < 1.29 is 62.0 Å². The second-order valence-electron chi connectivity index (χ2n) is 21.6. The zero-order valence-electron chi connectivity index (χ0n) is 38.6. The summed E-state index contributed by atoms with van der Waals surface area (Å²) in [5.74, 6) is 2.74. The van der Waals surface area contributed by atoms with Crippen LogP contribution in [0.2, 0.25) is 30.2 Å². The van der Waals surface area contributed by atoms with E-state index >= 15 is 0 Å². The van der Waals surface area contributed by atoms with Crippen LogP contribution in [0, 0.1) is 29.6 Å². The zero-order valence-corrected chi connectivity index (χ0v) is 43.6. The molecule has 14 nitrogen and oxygen atoms in total. The Labute approximate surface area is 382 Å². The van der Waals surface area contributed by atoms with Gasteiger partial charge >= 0.3 is 44.5 Å².